The Bertz CT molecular complexity index is 3830. The Hall–Kier alpha value is -8.66. The summed E-state index contributed by atoms with van der Waals surface area (Å²) in [5, 5.41) is 6.74. The number of fused-ring (bicyclic) bond motifs is 16. The van der Waals surface area contributed by atoms with E-state index in [1.165, 1.54) is 33.4 Å². The number of ether oxygens (including phenoxy) is 1. The average Bonchev–Trinajstić information content (AvgIpc) is 3.91. The number of rotatable bonds is 5. The summed E-state index contributed by atoms with van der Waals surface area (Å²) >= 11 is 0. The highest BCUT2D eigenvalue weighted by Crippen LogP contribution is 2.64. The van der Waals surface area contributed by atoms with Crippen LogP contribution in [0.1, 0.15) is 22.3 Å². The Morgan fingerprint density at radius 1 is 0.333 bits per heavy atom. The topological polar surface area (TPSA) is 25.6 Å². The second-order valence-electron chi connectivity index (χ2n) is 17.5. The third kappa shape index (κ3) is 5.20. The van der Waals surface area contributed by atoms with E-state index in [0.29, 0.717) is 0 Å². The fourth-order valence-electron chi connectivity index (χ4n) is 11.3. The minimum Gasteiger partial charge on any atom is -0.456 e. The maximum absolute atomic E-state index is 7.17. The van der Waals surface area contributed by atoms with Crippen molar-refractivity contribution in [2.75, 3.05) is 4.90 Å². The highest BCUT2D eigenvalue weighted by atomic mass is 16.5. The van der Waals surface area contributed by atoms with Crippen molar-refractivity contribution in [3.05, 3.63) is 259 Å². The number of para-hydroxylation sites is 2. The van der Waals surface area contributed by atoms with Crippen LogP contribution in [-0.2, 0) is 5.41 Å². The lowest BCUT2D eigenvalue weighted by molar-refractivity contribution is 0.447. The molecule has 2 heterocycles. The van der Waals surface area contributed by atoms with E-state index in [4.69, 9.17) is 9.15 Å². The van der Waals surface area contributed by atoms with Crippen LogP contribution in [0, 0.1) is 0 Å². The molecule has 0 unspecified atom stereocenters. The van der Waals surface area contributed by atoms with Crippen LogP contribution in [0.25, 0.3) is 76.9 Å². The van der Waals surface area contributed by atoms with Crippen molar-refractivity contribution < 1.29 is 9.15 Å². The van der Waals surface area contributed by atoms with Crippen molar-refractivity contribution in [1.82, 2.24) is 0 Å². The van der Waals surface area contributed by atoms with Crippen LogP contribution in [-0.4, -0.2) is 0 Å². The van der Waals surface area contributed by atoms with E-state index in [2.05, 4.69) is 235 Å². The van der Waals surface area contributed by atoms with Crippen LogP contribution in [0.3, 0.4) is 0 Å². The van der Waals surface area contributed by atoms with Gasteiger partial charge < -0.3 is 14.1 Å². The molecule has 1 aliphatic heterocycles. The largest absolute Gasteiger partial charge is 0.456 e. The van der Waals surface area contributed by atoms with Crippen LogP contribution in [0.15, 0.2) is 241 Å². The zero-order chi connectivity index (χ0) is 43.3. The molecule has 0 bridgehead atoms. The molecule has 0 saturated heterocycles. The number of furan rings is 1. The van der Waals surface area contributed by atoms with Crippen LogP contribution in [0.5, 0.6) is 11.5 Å². The molecule has 0 radical (unpaired) electrons. The summed E-state index contributed by atoms with van der Waals surface area (Å²) in [4.78, 5) is 2.40. The van der Waals surface area contributed by atoms with Crippen molar-refractivity contribution in [3.63, 3.8) is 0 Å². The van der Waals surface area contributed by atoms with Gasteiger partial charge in [0, 0.05) is 38.5 Å². The molecule has 11 aromatic carbocycles. The molecule has 12 aromatic rings. The third-order valence-corrected chi connectivity index (χ3v) is 14.1. The molecular weight excluding hydrogens is 803 g/mol. The first kappa shape index (κ1) is 36.8. The van der Waals surface area contributed by atoms with E-state index >= 15 is 0 Å². The number of nitrogens with zero attached hydrogens (tertiary/aromatic N) is 1. The molecule has 3 heteroatoms. The van der Waals surface area contributed by atoms with Crippen LogP contribution < -0.4 is 9.64 Å². The standard InChI is InChI=1S/C63H39NO2/c1-2-15-41(16-3-1)46-19-9-12-25-56(46)64(57-26-14-28-59-60(57)50-23-10-13-27-58(50)65-59)45-34-29-40(30-35-45)44-33-36-53-51(39-44)49-22-8-11-24-52(49)63(53)54-37-31-42-17-4-6-20-47(42)61(54)66-62-48-21-7-5-18-43(48)32-38-55(62)63/h1-39H. The summed E-state index contributed by atoms with van der Waals surface area (Å²) in [5.41, 5.74) is 16.3. The van der Waals surface area contributed by atoms with E-state index in [0.717, 1.165) is 94.3 Å². The van der Waals surface area contributed by atoms with Gasteiger partial charge in [-0.25, -0.2) is 0 Å². The summed E-state index contributed by atoms with van der Waals surface area (Å²) in [6.07, 6.45) is 0. The zero-order valence-corrected chi connectivity index (χ0v) is 35.8. The van der Waals surface area contributed by atoms with Gasteiger partial charge in [-0.05, 0) is 92.2 Å². The maximum atomic E-state index is 7.17. The normalized spacial score (nSPS) is 13.1. The molecule has 1 aromatic heterocycles. The summed E-state index contributed by atoms with van der Waals surface area (Å²) < 4.78 is 13.6. The molecule has 14 rings (SSSR count). The van der Waals surface area contributed by atoms with Crippen LogP contribution in [0.2, 0.25) is 0 Å². The first-order valence-electron chi connectivity index (χ1n) is 22.7. The second kappa shape index (κ2) is 14.2. The van der Waals surface area contributed by atoms with E-state index < -0.39 is 5.41 Å². The Morgan fingerprint density at radius 3 is 1.65 bits per heavy atom. The smallest absolute Gasteiger partial charge is 0.140 e. The van der Waals surface area contributed by atoms with Crippen molar-refractivity contribution >= 4 is 60.5 Å². The number of hydrogen-bond donors (Lipinski definition) is 0. The summed E-state index contributed by atoms with van der Waals surface area (Å²) in [5.74, 6) is 1.86. The van der Waals surface area contributed by atoms with Gasteiger partial charge in [0.15, 0.2) is 0 Å². The van der Waals surface area contributed by atoms with Gasteiger partial charge in [0.25, 0.3) is 0 Å². The third-order valence-electron chi connectivity index (χ3n) is 14.1. The molecule has 0 N–H and O–H groups in total. The van der Waals surface area contributed by atoms with Gasteiger partial charge in [0.2, 0.25) is 0 Å². The van der Waals surface area contributed by atoms with Gasteiger partial charge in [-0.1, -0.05) is 194 Å². The first-order valence-corrected chi connectivity index (χ1v) is 22.7. The predicted octanol–water partition coefficient (Wildman–Crippen LogP) is 17.2. The minimum atomic E-state index is -0.587. The van der Waals surface area contributed by atoms with E-state index in [-0.39, 0.29) is 0 Å². The molecule has 308 valence electrons. The van der Waals surface area contributed by atoms with Crippen LogP contribution in [0.4, 0.5) is 17.1 Å². The molecule has 0 fully saturated rings. The molecule has 1 aliphatic carbocycles. The van der Waals surface area contributed by atoms with Gasteiger partial charge in [0.1, 0.15) is 22.7 Å². The van der Waals surface area contributed by atoms with Gasteiger partial charge in [-0.2, -0.15) is 0 Å². The number of hydrogen-bond acceptors (Lipinski definition) is 3. The van der Waals surface area contributed by atoms with Gasteiger partial charge in [-0.15, -0.1) is 0 Å². The fraction of sp³-hybridized carbons (Fsp3) is 0.0159. The minimum absolute atomic E-state index is 0.587. The summed E-state index contributed by atoms with van der Waals surface area (Å²) in [7, 11) is 0. The Balaban J connectivity index is 0.953. The number of benzene rings is 11. The van der Waals surface area contributed by atoms with Crippen molar-refractivity contribution in [3.8, 4) is 44.9 Å². The SMILES string of the molecule is c1ccc(-c2ccccc2N(c2ccc(-c3ccc4c(c3)-c3ccccc3C43c4ccc5ccccc5c4Oc4c3ccc3ccccc43)cc2)c2cccc3oc4ccccc4c23)cc1. The summed E-state index contributed by atoms with van der Waals surface area (Å²) in [6.45, 7) is 0. The van der Waals surface area contributed by atoms with Crippen molar-refractivity contribution in [2.24, 2.45) is 0 Å². The molecular formula is C63H39NO2. The van der Waals surface area contributed by atoms with E-state index in [9.17, 15) is 0 Å². The van der Waals surface area contributed by atoms with Gasteiger partial charge in [-0.3, -0.25) is 0 Å². The Labute approximate surface area is 382 Å². The highest BCUT2D eigenvalue weighted by molar-refractivity contribution is 6.14. The molecule has 0 saturated carbocycles. The van der Waals surface area contributed by atoms with E-state index in [1.54, 1.807) is 0 Å². The molecule has 3 nitrogen and oxygen atoms in total. The molecule has 0 atom stereocenters. The lowest BCUT2D eigenvalue weighted by Crippen LogP contribution is -2.32. The zero-order valence-electron chi connectivity index (χ0n) is 35.8. The van der Waals surface area contributed by atoms with Crippen molar-refractivity contribution in [1.29, 1.82) is 0 Å². The number of anilines is 3. The quantitative estimate of drug-likeness (QED) is 0.173. The Kier molecular flexibility index (Phi) is 7.90. The van der Waals surface area contributed by atoms with Gasteiger partial charge >= 0.3 is 0 Å². The van der Waals surface area contributed by atoms with Gasteiger partial charge in [0.05, 0.1) is 22.2 Å². The molecule has 0 amide bonds. The van der Waals surface area contributed by atoms with E-state index in [1.807, 2.05) is 6.07 Å². The lowest BCUT2D eigenvalue weighted by atomic mass is 9.65. The van der Waals surface area contributed by atoms with Crippen LogP contribution >= 0.6 is 0 Å². The molecule has 1 spiro atoms. The maximum Gasteiger partial charge on any atom is 0.140 e. The average molecular weight is 842 g/mol. The van der Waals surface area contributed by atoms with Crippen molar-refractivity contribution in [2.45, 2.75) is 5.41 Å². The summed E-state index contributed by atoms with van der Waals surface area (Å²) in [6, 6.07) is 85.6. The fourth-order valence-corrected chi connectivity index (χ4v) is 11.3. The first-order chi connectivity index (χ1) is 32.7. The Morgan fingerprint density at radius 2 is 0.894 bits per heavy atom. The molecule has 66 heavy (non-hydrogen) atoms. The predicted molar refractivity (Wildman–Crippen MR) is 272 cm³/mol. The highest BCUT2D eigenvalue weighted by Gasteiger charge is 2.51. The monoisotopic (exact) mass is 841 g/mol. The molecule has 2 aliphatic rings. The lowest BCUT2D eigenvalue weighted by Gasteiger charge is -2.40. The second-order valence-corrected chi connectivity index (χ2v) is 17.5.